The van der Waals surface area contributed by atoms with Crippen molar-refractivity contribution in [1.29, 1.82) is 0 Å². The molecule has 0 aromatic heterocycles. The van der Waals surface area contributed by atoms with E-state index in [2.05, 4.69) is 121 Å². The Hall–Kier alpha value is -0.616. The van der Waals surface area contributed by atoms with Crippen molar-refractivity contribution in [3.63, 3.8) is 0 Å². The van der Waals surface area contributed by atoms with E-state index >= 15 is 0 Å². The minimum absolute atomic E-state index is 0.185. The summed E-state index contributed by atoms with van der Waals surface area (Å²) >= 11 is -0.556. The average Bonchev–Trinajstić information content (AvgIpc) is 3.22. The Morgan fingerprint density at radius 3 is 1.55 bits per heavy atom. The maximum atomic E-state index is 4.89. The third-order valence-electron chi connectivity index (χ3n) is 4.96. The van der Waals surface area contributed by atoms with Gasteiger partial charge in [-0.15, -0.1) is 80.9 Å². The predicted molar refractivity (Wildman–Crippen MR) is 142 cm³/mol. The van der Waals surface area contributed by atoms with Gasteiger partial charge in [0.15, 0.2) is 0 Å². The molecule has 4 heteroatoms. The topological polar surface area (TPSA) is 0 Å². The first-order valence-electron chi connectivity index (χ1n) is 10.5. The summed E-state index contributed by atoms with van der Waals surface area (Å²) in [5, 5.41) is 7.70. The molecule has 0 nitrogen and oxygen atoms in total. The molecular formula is C27H33Cl2PTi-2. The molecule has 0 radical (unpaired) electrons. The molecular weight excluding hydrogens is 474 g/mol. The second-order valence-electron chi connectivity index (χ2n) is 9.75. The third kappa shape index (κ3) is 7.73. The molecule has 0 N–H and O–H groups in total. The van der Waals surface area contributed by atoms with Gasteiger partial charge in [-0.05, 0) is 10.3 Å². The van der Waals surface area contributed by atoms with E-state index in [1.165, 1.54) is 27.1 Å². The summed E-state index contributed by atoms with van der Waals surface area (Å²) in [5.41, 5.74) is 1.35. The van der Waals surface area contributed by atoms with Gasteiger partial charge in [0.25, 0.3) is 0 Å². The van der Waals surface area contributed by atoms with E-state index in [4.69, 9.17) is 18.6 Å². The Kier molecular flexibility index (Phi) is 9.88. The van der Waals surface area contributed by atoms with E-state index in [0.29, 0.717) is 10.3 Å². The van der Waals surface area contributed by atoms with E-state index in [9.17, 15) is 0 Å². The summed E-state index contributed by atoms with van der Waals surface area (Å²) in [5.74, 6) is 0. The molecule has 0 heterocycles. The zero-order valence-electron chi connectivity index (χ0n) is 19.6. The number of rotatable bonds is 1. The van der Waals surface area contributed by atoms with E-state index in [1.54, 1.807) is 5.30 Å². The van der Waals surface area contributed by atoms with Crippen LogP contribution in [0.1, 0.15) is 47.1 Å². The Bertz CT molecular complexity index is 1000. The van der Waals surface area contributed by atoms with Gasteiger partial charge in [0, 0.05) is 0 Å². The van der Waals surface area contributed by atoms with Gasteiger partial charge < -0.3 is 0 Å². The van der Waals surface area contributed by atoms with Crippen LogP contribution in [0.4, 0.5) is 0 Å². The fourth-order valence-electron chi connectivity index (χ4n) is 4.35. The first-order valence-corrected chi connectivity index (χ1v) is 16.2. The van der Waals surface area contributed by atoms with Gasteiger partial charge in [-0.1, -0.05) is 68.5 Å². The van der Waals surface area contributed by atoms with Gasteiger partial charge in [0.2, 0.25) is 0 Å². The van der Waals surface area contributed by atoms with Crippen molar-refractivity contribution in [1.82, 2.24) is 0 Å². The third-order valence-corrected chi connectivity index (χ3v) is 8.42. The molecule has 0 fully saturated rings. The fraction of sp³-hybridized carbons (Fsp3) is 0.333. The number of benzene rings is 2. The zero-order valence-corrected chi connectivity index (χ0v) is 23.6. The summed E-state index contributed by atoms with van der Waals surface area (Å²) < 4.78 is 0. The van der Waals surface area contributed by atoms with Crippen LogP contribution in [0, 0.1) is 6.92 Å². The Morgan fingerprint density at radius 1 is 0.710 bits per heavy atom. The molecule has 4 rings (SSSR count). The van der Waals surface area contributed by atoms with Gasteiger partial charge >= 0.3 is 35.6 Å². The number of hydrogen-bond acceptors (Lipinski definition) is 0. The first-order chi connectivity index (χ1) is 14.5. The van der Waals surface area contributed by atoms with Gasteiger partial charge in [-0.25, -0.2) is 0 Å². The van der Waals surface area contributed by atoms with E-state index in [0.717, 1.165) is 0 Å². The summed E-state index contributed by atoms with van der Waals surface area (Å²) in [6.45, 7) is 16.4. The molecule has 0 saturated heterocycles. The Morgan fingerprint density at radius 2 is 1.13 bits per heavy atom. The van der Waals surface area contributed by atoms with Crippen molar-refractivity contribution < 1.29 is 17.0 Å². The van der Waals surface area contributed by atoms with Crippen LogP contribution in [-0.2, 0) is 17.0 Å². The van der Waals surface area contributed by atoms with Gasteiger partial charge in [-0.3, -0.25) is 0 Å². The molecule has 0 atom stereocenters. The van der Waals surface area contributed by atoms with Crippen molar-refractivity contribution in [3.8, 4) is 0 Å². The molecule has 0 aliphatic heterocycles. The average molecular weight is 507 g/mol. The van der Waals surface area contributed by atoms with Gasteiger partial charge in [0.1, 0.15) is 0 Å². The Balaban J connectivity index is 0.000000219. The number of fused-ring (bicyclic) bond motifs is 2. The predicted octanol–water partition coefficient (Wildman–Crippen LogP) is 9.51. The monoisotopic (exact) mass is 506 g/mol. The molecule has 0 amide bonds. The Labute approximate surface area is 206 Å². The van der Waals surface area contributed by atoms with E-state index in [1.807, 2.05) is 0 Å². The zero-order chi connectivity index (χ0) is 23.2. The molecule has 0 bridgehead atoms. The summed E-state index contributed by atoms with van der Waals surface area (Å²) in [6, 6.07) is 26.3. The molecule has 0 unspecified atom stereocenters. The minimum atomic E-state index is -0.556. The molecule has 31 heavy (non-hydrogen) atoms. The quantitative estimate of drug-likeness (QED) is 0.137. The molecule has 0 aliphatic carbocycles. The number of aryl methyl sites for hydroxylation is 1. The van der Waals surface area contributed by atoms with Crippen LogP contribution in [0.5, 0.6) is 0 Å². The molecule has 0 saturated carbocycles. The summed E-state index contributed by atoms with van der Waals surface area (Å²) in [6.07, 6.45) is 0. The van der Waals surface area contributed by atoms with Crippen LogP contribution < -0.4 is 5.30 Å². The molecule has 0 aliphatic rings. The van der Waals surface area contributed by atoms with Crippen LogP contribution >= 0.6 is 26.5 Å². The van der Waals surface area contributed by atoms with E-state index in [-0.39, 0.29) is 7.92 Å². The molecule has 166 valence electrons. The molecule has 4 aromatic rings. The van der Waals surface area contributed by atoms with Crippen molar-refractivity contribution in [2.45, 2.75) is 58.8 Å². The van der Waals surface area contributed by atoms with Crippen molar-refractivity contribution in [2.24, 2.45) is 0 Å². The second kappa shape index (κ2) is 11.5. The molecule has 4 aromatic carbocycles. The van der Waals surface area contributed by atoms with Gasteiger partial charge in [0.05, 0.1) is 0 Å². The van der Waals surface area contributed by atoms with Crippen molar-refractivity contribution in [3.05, 3.63) is 78.4 Å². The number of halogens is 2. The summed E-state index contributed by atoms with van der Waals surface area (Å²) in [4.78, 5) is 0. The van der Waals surface area contributed by atoms with Crippen LogP contribution in [-0.4, -0.2) is 10.3 Å². The van der Waals surface area contributed by atoms with Crippen LogP contribution in [0.25, 0.3) is 21.5 Å². The summed E-state index contributed by atoms with van der Waals surface area (Å²) in [7, 11) is 9.59. The maximum absolute atomic E-state index is 4.89. The fourth-order valence-corrected chi connectivity index (χ4v) is 8.45. The van der Waals surface area contributed by atoms with Crippen molar-refractivity contribution in [2.75, 3.05) is 0 Å². The number of hydrogen-bond donors (Lipinski definition) is 0. The standard InChI is InChI=1S/C17H24P.C10H9.2ClH.Ti/c1-16(2,3)18(17(4,5)6)15-11-13-9-7-8-10-14(13)12-15;1-8-6-9-4-2-3-5-10(9)7-8;;;/h7-12H,1-6H3;2-7H,1H3;2*1H;/q2*-1;;;+2/p-2. The van der Waals surface area contributed by atoms with Crippen LogP contribution in [0.3, 0.4) is 0 Å². The van der Waals surface area contributed by atoms with Gasteiger partial charge in [-0.2, -0.15) is 12.1 Å². The van der Waals surface area contributed by atoms with Crippen LogP contribution in [0.2, 0.25) is 0 Å². The molecule has 0 spiro atoms. The van der Waals surface area contributed by atoms with Crippen LogP contribution in [0.15, 0.2) is 72.8 Å². The first kappa shape index (κ1) is 26.6. The van der Waals surface area contributed by atoms with Crippen molar-refractivity contribution >= 4 is 53.4 Å². The normalized spacial score (nSPS) is 11.7. The van der Waals surface area contributed by atoms with E-state index < -0.39 is 17.0 Å². The second-order valence-corrected chi connectivity index (χ2v) is 16.2. The SMILES string of the molecule is CC(C)(C)P(c1cc2ccccc2[cH-]1)C(C)(C)C.Cc1cc2ccccc2[cH-]1.[Cl][Ti][Cl].